The Morgan fingerprint density at radius 3 is 2.22 bits per heavy atom. The molecule has 0 atom stereocenters. The maximum Gasteiger partial charge on any atom is 0.133 e. The molecule has 0 radical (unpaired) electrons. The van der Waals surface area contributed by atoms with Crippen LogP contribution in [0, 0.1) is 0 Å². The maximum absolute atomic E-state index is 4.68. The molecule has 1 aliphatic heterocycles. The van der Waals surface area contributed by atoms with E-state index in [0.29, 0.717) is 11.8 Å². The fourth-order valence-electron chi connectivity index (χ4n) is 2.80. The average Bonchev–Trinajstić information content (AvgIpc) is 2.55. The zero-order valence-electron chi connectivity index (χ0n) is 15.5. The van der Waals surface area contributed by atoms with Gasteiger partial charge in [-0.2, -0.15) is 0 Å². The smallest absolute Gasteiger partial charge is 0.133 e. The largest absolute Gasteiger partial charge is 0.369 e. The highest BCUT2D eigenvalue weighted by Gasteiger charge is 2.15. The second kappa shape index (κ2) is 8.60. The number of hydrogen-bond acceptors (Lipinski definition) is 5. The molecular weight excluding hydrogens is 286 g/mol. The lowest BCUT2D eigenvalue weighted by Crippen LogP contribution is -2.47. The Morgan fingerprint density at radius 2 is 1.65 bits per heavy atom. The molecule has 1 saturated heterocycles. The van der Waals surface area contributed by atoms with E-state index in [1.165, 1.54) is 32.7 Å². The van der Waals surface area contributed by atoms with Gasteiger partial charge in [-0.25, -0.2) is 9.97 Å². The second-order valence-corrected chi connectivity index (χ2v) is 7.05. The van der Waals surface area contributed by atoms with Gasteiger partial charge < -0.3 is 10.2 Å². The SMILES string of the molecule is CCN1CCN(CCNc2cc(C(C)C)nc(C(C)C)n2)CC1. The Hall–Kier alpha value is -1.20. The molecule has 23 heavy (non-hydrogen) atoms. The number of nitrogens with zero attached hydrogens (tertiary/aromatic N) is 4. The topological polar surface area (TPSA) is 44.3 Å². The predicted molar refractivity (Wildman–Crippen MR) is 97.3 cm³/mol. The van der Waals surface area contributed by atoms with E-state index in [1.807, 2.05) is 0 Å². The molecule has 5 nitrogen and oxygen atoms in total. The minimum absolute atomic E-state index is 0.358. The molecule has 1 fully saturated rings. The number of piperazine rings is 1. The highest BCUT2D eigenvalue weighted by Crippen LogP contribution is 2.19. The van der Waals surface area contributed by atoms with Gasteiger partial charge in [0.1, 0.15) is 11.6 Å². The first kappa shape index (κ1) is 18.1. The molecule has 0 aliphatic carbocycles. The molecule has 2 heterocycles. The highest BCUT2D eigenvalue weighted by molar-refractivity contribution is 5.37. The van der Waals surface area contributed by atoms with Gasteiger partial charge in [-0.05, 0) is 12.5 Å². The molecular formula is C18H33N5. The van der Waals surface area contributed by atoms with Gasteiger partial charge in [0.2, 0.25) is 0 Å². The quantitative estimate of drug-likeness (QED) is 0.837. The second-order valence-electron chi connectivity index (χ2n) is 7.05. The van der Waals surface area contributed by atoms with Crippen molar-refractivity contribution in [3.8, 4) is 0 Å². The summed E-state index contributed by atoms with van der Waals surface area (Å²) in [4.78, 5) is 14.4. The van der Waals surface area contributed by atoms with Crippen molar-refractivity contribution in [3.63, 3.8) is 0 Å². The summed E-state index contributed by atoms with van der Waals surface area (Å²) in [6.45, 7) is 18.8. The van der Waals surface area contributed by atoms with E-state index < -0.39 is 0 Å². The van der Waals surface area contributed by atoms with Crippen molar-refractivity contribution in [2.75, 3.05) is 51.1 Å². The van der Waals surface area contributed by atoms with E-state index in [1.54, 1.807) is 0 Å². The molecule has 0 saturated carbocycles. The third-order valence-corrected chi connectivity index (χ3v) is 4.52. The van der Waals surface area contributed by atoms with Crippen LogP contribution in [0.25, 0.3) is 0 Å². The van der Waals surface area contributed by atoms with Crippen molar-refractivity contribution in [2.45, 2.75) is 46.5 Å². The van der Waals surface area contributed by atoms with E-state index >= 15 is 0 Å². The third kappa shape index (κ3) is 5.43. The standard InChI is InChI=1S/C18H33N5/c1-6-22-9-11-23(12-10-22)8-7-19-17-13-16(14(2)3)20-18(21-17)15(4)5/h13-15H,6-12H2,1-5H3,(H,19,20,21). The Bertz CT molecular complexity index is 452. The lowest BCUT2D eigenvalue weighted by atomic mass is 10.1. The Labute approximate surface area is 141 Å². The number of likely N-dealkylation sites (N-methyl/N-ethyl adjacent to an activating group) is 1. The number of rotatable bonds is 7. The minimum Gasteiger partial charge on any atom is -0.369 e. The number of anilines is 1. The van der Waals surface area contributed by atoms with E-state index in [4.69, 9.17) is 0 Å². The van der Waals surface area contributed by atoms with E-state index in [9.17, 15) is 0 Å². The average molecular weight is 319 g/mol. The lowest BCUT2D eigenvalue weighted by Gasteiger charge is -2.34. The van der Waals surface area contributed by atoms with Crippen molar-refractivity contribution >= 4 is 5.82 Å². The lowest BCUT2D eigenvalue weighted by molar-refractivity contribution is 0.141. The third-order valence-electron chi connectivity index (χ3n) is 4.52. The molecule has 0 bridgehead atoms. The summed E-state index contributed by atoms with van der Waals surface area (Å²) in [6.07, 6.45) is 0. The zero-order valence-corrected chi connectivity index (χ0v) is 15.5. The van der Waals surface area contributed by atoms with Crippen LogP contribution in [0.2, 0.25) is 0 Å². The van der Waals surface area contributed by atoms with Gasteiger partial charge in [-0.1, -0.05) is 34.6 Å². The molecule has 1 aromatic rings. The maximum atomic E-state index is 4.68. The van der Waals surface area contributed by atoms with Gasteiger partial charge in [-0.3, -0.25) is 4.90 Å². The Morgan fingerprint density at radius 1 is 1.00 bits per heavy atom. The van der Waals surface area contributed by atoms with Gasteiger partial charge in [0.25, 0.3) is 0 Å². The molecule has 1 N–H and O–H groups in total. The van der Waals surface area contributed by atoms with Crippen LogP contribution in [0.5, 0.6) is 0 Å². The number of nitrogens with one attached hydrogen (secondary N) is 1. The highest BCUT2D eigenvalue weighted by atomic mass is 15.3. The molecule has 0 spiro atoms. The van der Waals surface area contributed by atoms with Crippen LogP contribution in [0.3, 0.4) is 0 Å². The minimum atomic E-state index is 0.358. The predicted octanol–water partition coefficient (Wildman–Crippen LogP) is 2.77. The van der Waals surface area contributed by atoms with Gasteiger partial charge >= 0.3 is 0 Å². The van der Waals surface area contributed by atoms with Gasteiger partial charge in [0.15, 0.2) is 0 Å². The molecule has 1 aliphatic rings. The van der Waals surface area contributed by atoms with Crippen molar-refractivity contribution in [3.05, 3.63) is 17.6 Å². The van der Waals surface area contributed by atoms with Crippen molar-refractivity contribution in [2.24, 2.45) is 0 Å². The van der Waals surface area contributed by atoms with Crippen LogP contribution in [-0.2, 0) is 0 Å². The summed E-state index contributed by atoms with van der Waals surface area (Å²) in [5, 5.41) is 3.50. The van der Waals surface area contributed by atoms with Crippen molar-refractivity contribution in [1.82, 2.24) is 19.8 Å². The summed E-state index contributed by atoms with van der Waals surface area (Å²) < 4.78 is 0. The summed E-state index contributed by atoms with van der Waals surface area (Å²) in [7, 11) is 0. The molecule has 130 valence electrons. The summed E-state index contributed by atoms with van der Waals surface area (Å²) in [5.74, 6) is 2.70. The molecule has 0 unspecified atom stereocenters. The molecule has 0 aromatic carbocycles. The summed E-state index contributed by atoms with van der Waals surface area (Å²) >= 11 is 0. The van der Waals surface area contributed by atoms with E-state index in [2.05, 4.69) is 65.8 Å². The Kier molecular flexibility index (Phi) is 6.78. The van der Waals surface area contributed by atoms with Gasteiger partial charge in [0.05, 0.1) is 0 Å². The first-order valence-corrected chi connectivity index (χ1v) is 9.07. The van der Waals surface area contributed by atoms with Crippen LogP contribution < -0.4 is 5.32 Å². The fraction of sp³-hybridized carbons (Fsp3) is 0.778. The first-order valence-electron chi connectivity index (χ1n) is 9.07. The van der Waals surface area contributed by atoms with Crippen LogP contribution in [0.15, 0.2) is 6.07 Å². The molecule has 0 amide bonds. The zero-order chi connectivity index (χ0) is 16.8. The van der Waals surface area contributed by atoms with Crippen molar-refractivity contribution in [1.29, 1.82) is 0 Å². The first-order chi connectivity index (χ1) is 11.0. The Balaban J connectivity index is 1.87. The number of hydrogen-bond donors (Lipinski definition) is 1. The van der Waals surface area contributed by atoms with E-state index in [0.717, 1.165) is 30.4 Å². The monoisotopic (exact) mass is 319 g/mol. The van der Waals surface area contributed by atoms with Crippen LogP contribution in [0.1, 0.15) is 58.0 Å². The van der Waals surface area contributed by atoms with Crippen LogP contribution in [-0.4, -0.2) is 65.6 Å². The van der Waals surface area contributed by atoms with Crippen molar-refractivity contribution < 1.29 is 0 Å². The van der Waals surface area contributed by atoms with Crippen LogP contribution in [0.4, 0.5) is 5.82 Å². The fourth-order valence-corrected chi connectivity index (χ4v) is 2.80. The number of aromatic nitrogens is 2. The molecule has 1 aromatic heterocycles. The molecule has 2 rings (SSSR count). The summed E-state index contributed by atoms with van der Waals surface area (Å²) in [6, 6.07) is 2.10. The van der Waals surface area contributed by atoms with Gasteiger partial charge in [-0.15, -0.1) is 0 Å². The molecule has 5 heteroatoms. The van der Waals surface area contributed by atoms with Crippen LogP contribution >= 0.6 is 0 Å². The summed E-state index contributed by atoms with van der Waals surface area (Å²) in [5.41, 5.74) is 1.13. The van der Waals surface area contributed by atoms with Gasteiger partial charge in [0, 0.05) is 56.9 Å². The van der Waals surface area contributed by atoms with E-state index in [-0.39, 0.29) is 0 Å². The normalized spacial score (nSPS) is 17.2.